The number of benzene rings is 2. The number of hydrogen-bond acceptors (Lipinski definition) is 3. The number of amides is 2. The fraction of sp³-hybridized carbons (Fsp3) is 0.143. The maximum absolute atomic E-state index is 12.4. The van der Waals surface area contributed by atoms with Gasteiger partial charge in [0.15, 0.2) is 0 Å². The highest BCUT2D eigenvalue weighted by molar-refractivity contribution is 5.75. The van der Waals surface area contributed by atoms with E-state index in [1.165, 1.54) is 0 Å². The summed E-state index contributed by atoms with van der Waals surface area (Å²) >= 11 is 0. The smallest absolute Gasteiger partial charge is 0.315 e. The third kappa shape index (κ3) is 4.60. The van der Waals surface area contributed by atoms with Gasteiger partial charge in [0.1, 0.15) is 0 Å². The third-order valence-electron chi connectivity index (χ3n) is 4.00. The first-order chi connectivity index (χ1) is 12.8. The zero-order chi connectivity index (χ0) is 18.2. The van der Waals surface area contributed by atoms with Crippen LogP contribution in [0.3, 0.4) is 0 Å². The van der Waals surface area contributed by atoms with Gasteiger partial charge in [0.05, 0.1) is 13.2 Å². The molecule has 1 aromatic heterocycles. The second-order valence-electron chi connectivity index (χ2n) is 5.79. The minimum Gasteiger partial charge on any atom is -0.481 e. The van der Waals surface area contributed by atoms with Crippen LogP contribution in [0.15, 0.2) is 79.0 Å². The van der Waals surface area contributed by atoms with Crippen molar-refractivity contribution in [1.29, 1.82) is 0 Å². The zero-order valence-electron chi connectivity index (χ0n) is 14.6. The summed E-state index contributed by atoms with van der Waals surface area (Å²) in [6.45, 7) is 0.388. The lowest BCUT2D eigenvalue weighted by molar-refractivity contribution is 0.238. The molecule has 0 saturated heterocycles. The monoisotopic (exact) mass is 347 g/mol. The Bertz CT molecular complexity index is 781. The summed E-state index contributed by atoms with van der Waals surface area (Å²) in [5, 5.41) is 5.92. The Labute approximate surface area is 153 Å². The van der Waals surface area contributed by atoms with E-state index in [4.69, 9.17) is 4.74 Å². The molecule has 2 N–H and O–H groups in total. The van der Waals surface area contributed by atoms with Gasteiger partial charge in [-0.3, -0.25) is 0 Å². The van der Waals surface area contributed by atoms with E-state index in [1.807, 2.05) is 66.7 Å². The summed E-state index contributed by atoms with van der Waals surface area (Å²) in [5.41, 5.74) is 2.96. The number of aromatic nitrogens is 1. The number of nitrogens with one attached hydrogen (secondary N) is 2. The number of urea groups is 1. The van der Waals surface area contributed by atoms with Gasteiger partial charge in [0.25, 0.3) is 0 Å². The molecule has 0 saturated carbocycles. The van der Waals surface area contributed by atoms with Crippen molar-refractivity contribution in [2.75, 3.05) is 7.11 Å². The van der Waals surface area contributed by atoms with Crippen LogP contribution >= 0.6 is 0 Å². The van der Waals surface area contributed by atoms with E-state index in [0.29, 0.717) is 12.4 Å². The molecule has 0 atom stereocenters. The van der Waals surface area contributed by atoms with Crippen molar-refractivity contribution in [3.63, 3.8) is 0 Å². The summed E-state index contributed by atoms with van der Waals surface area (Å²) in [5.74, 6) is 0.548. The molecule has 0 aliphatic heterocycles. The van der Waals surface area contributed by atoms with Gasteiger partial charge in [-0.05, 0) is 16.7 Å². The summed E-state index contributed by atoms with van der Waals surface area (Å²) in [7, 11) is 1.57. The van der Waals surface area contributed by atoms with Crippen LogP contribution in [0.4, 0.5) is 4.79 Å². The van der Waals surface area contributed by atoms with Crippen LogP contribution in [-0.2, 0) is 6.54 Å². The number of hydrogen-bond donors (Lipinski definition) is 2. The Morgan fingerprint density at radius 2 is 1.58 bits per heavy atom. The minimum absolute atomic E-state index is 0.216. The lowest BCUT2D eigenvalue weighted by Gasteiger charge is -2.20. The fourth-order valence-electron chi connectivity index (χ4n) is 2.65. The molecule has 2 amide bonds. The van der Waals surface area contributed by atoms with E-state index in [0.717, 1.165) is 16.7 Å². The number of rotatable bonds is 6. The van der Waals surface area contributed by atoms with Crippen molar-refractivity contribution >= 4 is 6.03 Å². The van der Waals surface area contributed by atoms with Crippen LogP contribution in [0, 0.1) is 0 Å². The maximum Gasteiger partial charge on any atom is 0.315 e. The summed E-state index contributed by atoms with van der Waals surface area (Å²) < 4.78 is 5.03. The Morgan fingerprint density at radius 3 is 2.08 bits per heavy atom. The second-order valence-corrected chi connectivity index (χ2v) is 5.79. The number of ether oxygens (including phenoxy) is 1. The summed E-state index contributed by atoms with van der Waals surface area (Å²) in [4.78, 5) is 16.6. The third-order valence-corrected chi connectivity index (χ3v) is 4.00. The molecular weight excluding hydrogens is 326 g/mol. The van der Waals surface area contributed by atoms with Gasteiger partial charge in [0.2, 0.25) is 5.88 Å². The Kier molecular flexibility index (Phi) is 5.83. The Hall–Kier alpha value is -3.34. The van der Waals surface area contributed by atoms with Gasteiger partial charge in [-0.25, -0.2) is 9.78 Å². The maximum atomic E-state index is 12.4. The molecule has 0 bridgehead atoms. The van der Waals surface area contributed by atoms with Gasteiger partial charge in [-0.2, -0.15) is 0 Å². The molecule has 1 heterocycles. The molecule has 0 aliphatic rings. The molecule has 0 unspecified atom stereocenters. The van der Waals surface area contributed by atoms with E-state index < -0.39 is 0 Å². The topological polar surface area (TPSA) is 63.2 Å². The molecule has 5 nitrogen and oxygen atoms in total. The standard InChI is InChI=1S/C21H21N3O2/c1-26-19-13-12-16(14-22-19)15-23-21(25)24-20(17-8-4-2-5-9-17)18-10-6-3-7-11-18/h2-14,20H,15H2,1H3,(H2,23,24,25). The number of pyridine rings is 1. The number of nitrogens with zero attached hydrogens (tertiary/aromatic N) is 1. The van der Waals surface area contributed by atoms with E-state index in [-0.39, 0.29) is 12.1 Å². The Morgan fingerprint density at radius 1 is 0.962 bits per heavy atom. The van der Waals surface area contributed by atoms with Crippen molar-refractivity contribution in [3.8, 4) is 5.88 Å². The average Bonchev–Trinajstić information content (AvgIpc) is 2.72. The van der Waals surface area contributed by atoms with Crippen LogP contribution in [0.1, 0.15) is 22.7 Å². The fourth-order valence-corrected chi connectivity index (χ4v) is 2.65. The molecule has 132 valence electrons. The van der Waals surface area contributed by atoms with Crippen molar-refractivity contribution < 1.29 is 9.53 Å². The molecular formula is C21H21N3O2. The zero-order valence-corrected chi connectivity index (χ0v) is 14.6. The first-order valence-electron chi connectivity index (χ1n) is 8.39. The average molecular weight is 347 g/mol. The van der Waals surface area contributed by atoms with Crippen LogP contribution in [0.25, 0.3) is 0 Å². The summed E-state index contributed by atoms with van der Waals surface area (Å²) in [6, 6.07) is 23.0. The Balaban J connectivity index is 1.67. The lowest BCUT2D eigenvalue weighted by Crippen LogP contribution is -2.38. The van der Waals surface area contributed by atoms with Crippen LogP contribution in [-0.4, -0.2) is 18.1 Å². The highest BCUT2D eigenvalue weighted by atomic mass is 16.5. The van der Waals surface area contributed by atoms with E-state index in [2.05, 4.69) is 15.6 Å². The van der Waals surface area contributed by atoms with Crippen molar-refractivity contribution in [1.82, 2.24) is 15.6 Å². The molecule has 2 aromatic carbocycles. The predicted molar refractivity (Wildman–Crippen MR) is 101 cm³/mol. The largest absolute Gasteiger partial charge is 0.481 e. The van der Waals surface area contributed by atoms with Gasteiger partial charge in [-0.1, -0.05) is 66.7 Å². The minimum atomic E-state index is -0.237. The van der Waals surface area contributed by atoms with E-state index >= 15 is 0 Å². The van der Waals surface area contributed by atoms with Crippen LogP contribution in [0.5, 0.6) is 5.88 Å². The summed E-state index contributed by atoms with van der Waals surface area (Å²) in [6.07, 6.45) is 1.69. The van der Waals surface area contributed by atoms with E-state index in [1.54, 1.807) is 19.4 Å². The number of carbonyl (C=O) groups is 1. The second kappa shape index (κ2) is 8.67. The lowest BCUT2D eigenvalue weighted by atomic mass is 9.99. The van der Waals surface area contributed by atoms with Gasteiger partial charge >= 0.3 is 6.03 Å². The van der Waals surface area contributed by atoms with Crippen molar-refractivity contribution in [2.45, 2.75) is 12.6 Å². The van der Waals surface area contributed by atoms with Gasteiger partial charge in [0, 0.05) is 18.8 Å². The highest BCUT2D eigenvalue weighted by Crippen LogP contribution is 2.21. The number of methoxy groups -OCH3 is 1. The molecule has 3 rings (SSSR count). The predicted octanol–water partition coefficient (Wildman–Crippen LogP) is 3.68. The first-order valence-corrected chi connectivity index (χ1v) is 8.39. The van der Waals surface area contributed by atoms with Crippen molar-refractivity contribution in [2.24, 2.45) is 0 Å². The van der Waals surface area contributed by atoms with Crippen LogP contribution in [0.2, 0.25) is 0 Å². The van der Waals surface area contributed by atoms with Gasteiger partial charge in [-0.15, -0.1) is 0 Å². The normalized spacial score (nSPS) is 10.4. The molecule has 5 heteroatoms. The quantitative estimate of drug-likeness (QED) is 0.715. The molecule has 26 heavy (non-hydrogen) atoms. The molecule has 0 spiro atoms. The number of carbonyl (C=O) groups excluding carboxylic acids is 1. The molecule has 3 aromatic rings. The van der Waals surface area contributed by atoms with E-state index in [9.17, 15) is 4.79 Å². The van der Waals surface area contributed by atoms with Crippen LogP contribution < -0.4 is 15.4 Å². The molecule has 0 radical (unpaired) electrons. The van der Waals surface area contributed by atoms with Gasteiger partial charge < -0.3 is 15.4 Å². The molecule has 0 fully saturated rings. The SMILES string of the molecule is COc1ccc(CNC(=O)NC(c2ccccc2)c2ccccc2)cn1. The van der Waals surface area contributed by atoms with Crippen molar-refractivity contribution in [3.05, 3.63) is 95.7 Å². The molecule has 0 aliphatic carbocycles. The highest BCUT2D eigenvalue weighted by Gasteiger charge is 2.16. The first kappa shape index (κ1) is 17.5.